The van der Waals surface area contributed by atoms with Crippen LogP contribution in [0.3, 0.4) is 0 Å². The molecule has 0 radical (unpaired) electrons. The summed E-state index contributed by atoms with van der Waals surface area (Å²) >= 11 is 0. The molecule has 1 amide bonds. The highest BCUT2D eigenvalue weighted by atomic mass is 16.5. The minimum atomic E-state index is -0.269. The molecule has 0 aromatic carbocycles. The van der Waals surface area contributed by atoms with Crippen LogP contribution >= 0.6 is 0 Å². The number of rotatable bonds is 4. The molecule has 0 aromatic heterocycles. The Hall–Kier alpha value is -1.32. The Morgan fingerprint density at radius 3 is 2.93 bits per heavy atom. The van der Waals surface area contributed by atoms with Gasteiger partial charge in [0.25, 0.3) is 0 Å². The zero-order valence-corrected chi connectivity index (χ0v) is 9.07. The van der Waals surface area contributed by atoms with E-state index in [4.69, 9.17) is 4.74 Å². The summed E-state index contributed by atoms with van der Waals surface area (Å²) in [4.78, 5) is 23.8. The van der Waals surface area contributed by atoms with Crippen molar-refractivity contribution in [1.82, 2.24) is 4.90 Å². The van der Waals surface area contributed by atoms with Gasteiger partial charge in [-0.2, -0.15) is 0 Å². The molecule has 84 valence electrons. The lowest BCUT2D eigenvalue weighted by molar-refractivity contribution is -0.141. The first kappa shape index (κ1) is 11.8. The van der Waals surface area contributed by atoms with Crippen LogP contribution in [0.15, 0.2) is 12.7 Å². The molecule has 1 heterocycles. The molecule has 0 bridgehead atoms. The zero-order chi connectivity index (χ0) is 11.3. The van der Waals surface area contributed by atoms with Crippen molar-refractivity contribution < 1.29 is 14.3 Å². The molecule has 1 saturated heterocycles. The Bertz CT molecular complexity index is 263. The molecule has 15 heavy (non-hydrogen) atoms. The highest BCUT2D eigenvalue weighted by Gasteiger charge is 2.26. The molecule has 1 atom stereocenters. The SMILES string of the molecule is C=CC(=O)N1CCCC1CCOC(C)=O. The summed E-state index contributed by atoms with van der Waals surface area (Å²) in [5.74, 6) is -0.296. The molecule has 1 fully saturated rings. The molecule has 0 spiro atoms. The standard InChI is InChI=1S/C11H17NO3/c1-3-11(14)12-7-4-5-10(12)6-8-15-9(2)13/h3,10H,1,4-8H2,2H3. The van der Waals surface area contributed by atoms with Crippen molar-refractivity contribution in [1.29, 1.82) is 0 Å². The van der Waals surface area contributed by atoms with Crippen LogP contribution in [0.5, 0.6) is 0 Å². The van der Waals surface area contributed by atoms with Gasteiger partial charge in [0.1, 0.15) is 0 Å². The van der Waals surface area contributed by atoms with Crippen LogP contribution in [-0.2, 0) is 14.3 Å². The van der Waals surface area contributed by atoms with Gasteiger partial charge in [0.05, 0.1) is 6.61 Å². The van der Waals surface area contributed by atoms with E-state index in [1.54, 1.807) is 4.90 Å². The van der Waals surface area contributed by atoms with Gasteiger partial charge in [-0.25, -0.2) is 0 Å². The van der Waals surface area contributed by atoms with E-state index in [1.165, 1.54) is 13.0 Å². The van der Waals surface area contributed by atoms with E-state index in [-0.39, 0.29) is 17.9 Å². The summed E-state index contributed by atoms with van der Waals surface area (Å²) in [5, 5.41) is 0. The van der Waals surface area contributed by atoms with Crippen molar-refractivity contribution in [2.24, 2.45) is 0 Å². The van der Waals surface area contributed by atoms with Crippen LogP contribution < -0.4 is 0 Å². The van der Waals surface area contributed by atoms with Crippen LogP contribution in [0, 0.1) is 0 Å². The molecule has 0 aromatic rings. The fourth-order valence-electron chi connectivity index (χ4n) is 1.88. The van der Waals surface area contributed by atoms with Gasteiger partial charge in [0.15, 0.2) is 0 Å². The fourth-order valence-corrected chi connectivity index (χ4v) is 1.88. The van der Waals surface area contributed by atoms with E-state index in [2.05, 4.69) is 6.58 Å². The van der Waals surface area contributed by atoms with Gasteiger partial charge >= 0.3 is 5.97 Å². The number of ether oxygens (including phenoxy) is 1. The van der Waals surface area contributed by atoms with Gasteiger partial charge in [-0.3, -0.25) is 9.59 Å². The summed E-state index contributed by atoms with van der Waals surface area (Å²) in [7, 11) is 0. The normalized spacial score (nSPS) is 20.1. The lowest BCUT2D eigenvalue weighted by Gasteiger charge is -2.22. The van der Waals surface area contributed by atoms with Crippen LogP contribution in [0.4, 0.5) is 0 Å². The predicted molar refractivity (Wildman–Crippen MR) is 56.2 cm³/mol. The summed E-state index contributed by atoms with van der Waals surface area (Å²) in [6, 6.07) is 0.204. The number of amides is 1. The first-order valence-electron chi connectivity index (χ1n) is 5.21. The largest absolute Gasteiger partial charge is 0.466 e. The van der Waals surface area contributed by atoms with E-state index in [9.17, 15) is 9.59 Å². The second-order valence-corrected chi connectivity index (χ2v) is 3.66. The highest BCUT2D eigenvalue weighted by Crippen LogP contribution is 2.20. The maximum atomic E-state index is 11.4. The predicted octanol–water partition coefficient (Wildman–Crippen LogP) is 1.12. The van der Waals surface area contributed by atoms with Crippen molar-refractivity contribution in [3.8, 4) is 0 Å². The van der Waals surface area contributed by atoms with Crippen molar-refractivity contribution in [2.75, 3.05) is 13.2 Å². The van der Waals surface area contributed by atoms with Crippen LogP contribution in [0.2, 0.25) is 0 Å². The van der Waals surface area contributed by atoms with Crippen molar-refractivity contribution >= 4 is 11.9 Å². The van der Waals surface area contributed by atoms with Crippen molar-refractivity contribution in [3.05, 3.63) is 12.7 Å². The van der Waals surface area contributed by atoms with E-state index in [0.29, 0.717) is 6.61 Å². The molecule has 1 aliphatic rings. The van der Waals surface area contributed by atoms with Gasteiger partial charge in [-0.05, 0) is 18.9 Å². The number of nitrogens with zero attached hydrogens (tertiary/aromatic N) is 1. The smallest absolute Gasteiger partial charge is 0.302 e. The average molecular weight is 211 g/mol. The third kappa shape index (κ3) is 3.38. The third-order valence-corrected chi connectivity index (χ3v) is 2.59. The molecular formula is C11H17NO3. The van der Waals surface area contributed by atoms with Crippen LogP contribution in [-0.4, -0.2) is 36.0 Å². The van der Waals surface area contributed by atoms with Gasteiger partial charge in [0.2, 0.25) is 5.91 Å². The first-order valence-corrected chi connectivity index (χ1v) is 5.21. The highest BCUT2D eigenvalue weighted by molar-refractivity contribution is 5.87. The number of hydrogen-bond acceptors (Lipinski definition) is 3. The Morgan fingerprint density at radius 2 is 2.33 bits per heavy atom. The van der Waals surface area contributed by atoms with Gasteiger partial charge < -0.3 is 9.64 Å². The third-order valence-electron chi connectivity index (χ3n) is 2.59. The molecule has 0 aliphatic carbocycles. The van der Waals surface area contributed by atoms with Crippen LogP contribution in [0.1, 0.15) is 26.2 Å². The van der Waals surface area contributed by atoms with Crippen molar-refractivity contribution in [3.63, 3.8) is 0 Å². The number of hydrogen-bond donors (Lipinski definition) is 0. The van der Waals surface area contributed by atoms with Gasteiger partial charge in [0, 0.05) is 25.9 Å². The number of carbonyl (C=O) groups is 2. The monoisotopic (exact) mass is 211 g/mol. The molecule has 1 unspecified atom stereocenters. The Balaban J connectivity index is 2.36. The lowest BCUT2D eigenvalue weighted by atomic mass is 10.1. The van der Waals surface area contributed by atoms with E-state index >= 15 is 0 Å². The Morgan fingerprint density at radius 1 is 1.60 bits per heavy atom. The van der Waals surface area contributed by atoms with E-state index < -0.39 is 0 Å². The molecule has 4 heteroatoms. The molecule has 0 saturated carbocycles. The molecular weight excluding hydrogens is 194 g/mol. The summed E-state index contributed by atoms with van der Waals surface area (Å²) in [6.07, 6.45) is 4.06. The minimum Gasteiger partial charge on any atom is -0.466 e. The topological polar surface area (TPSA) is 46.6 Å². The number of carbonyl (C=O) groups excluding carboxylic acids is 2. The zero-order valence-electron chi connectivity index (χ0n) is 9.07. The van der Waals surface area contributed by atoms with Gasteiger partial charge in [-0.1, -0.05) is 6.58 Å². The second-order valence-electron chi connectivity index (χ2n) is 3.66. The van der Waals surface area contributed by atoms with Gasteiger partial charge in [-0.15, -0.1) is 0 Å². The Kier molecular flexibility index (Phi) is 4.34. The summed E-state index contributed by atoms with van der Waals surface area (Å²) in [5.41, 5.74) is 0. The van der Waals surface area contributed by atoms with E-state index in [0.717, 1.165) is 25.8 Å². The Labute approximate surface area is 89.9 Å². The lowest BCUT2D eigenvalue weighted by Crippen LogP contribution is -2.35. The molecule has 1 rings (SSSR count). The summed E-state index contributed by atoms with van der Waals surface area (Å²) in [6.45, 7) is 6.04. The molecule has 1 aliphatic heterocycles. The summed E-state index contributed by atoms with van der Waals surface area (Å²) < 4.78 is 4.86. The first-order chi connectivity index (χ1) is 7.15. The van der Waals surface area contributed by atoms with Crippen LogP contribution in [0.25, 0.3) is 0 Å². The molecule has 4 nitrogen and oxygen atoms in total. The fraction of sp³-hybridized carbons (Fsp3) is 0.636. The number of esters is 1. The molecule has 0 N–H and O–H groups in total. The second kappa shape index (κ2) is 5.53. The maximum Gasteiger partial charge on any atom is 0.302 e. The average Bonchev–Trinajstić information content (AvgIpc) is 2.64. The van der Waals surface area contributed by atoms with E-state index in [1.807, 2.05) is 0 Å². The number of likely N-dealkylation sites (tertiary alicyclic amines) is 1. The maximum absolute atomic E-state index is 11.4. The minimum absolute atomic E-state index is 0.0275. The quantitative estimate of drug-likeness (QED) is 0.517. The van der Waals surface area contributed by atoms with Crippen molar-refractivity contribution in [2.45, 2.75) is 32.2 Å².